The van der Waals surface area contributed by atoms with Crippen LogP contribution in [0.2, 0.25) is 5.02 Å². The molecule has 0 saturated heterocycles. The minimum Gasteiger partial charge on any atom is -0.490 e. The van der Waals surface area contributed by atoms with Crippen molar-refractivity contribution in [2.45, 2.75) is 0 Å². The molecule has 0 fully saturated rings. The zero-order chi connectivity index (χ0) is 21.4. The summed E-state index contributed by atoms with van der Waals surface area (Å²) in [7, 11) is 2.40. The second-order valence-corrected chi connectivity index (χ2v) is 5.88. The maximum absolute atomic E-state index is 11.7. The fraction of sp³-hybridized carbons (Fsp3) is 0.200. The molecule has 0 bridgehead atoms. The molecule has 8 nitrogen and oxygen atoms in total. The molecule has 0 unspecified atom stereocenters. The highest BCUT2D eigenvalue weighted by Gasteiger charge is 2.18. The molecule has 2 aromatic carbocycles. The molecule has 0 heterocycles. The third-order valence-electron chi connectivity index (χ3n) is 3.83. The van der Waals surface area contributed by atoms with Crippen molar-refractivity contribution in [3.8, 4) is 11.5 Å². The molecule has 0 N–H and O–H groups in total. The van der Waals surface area contributed by atoms with Gasteiger partial charge in [-0.3, -0.25) is 9.59 Å². The van der Waals surface area contributed by atoms with Crippen LogP contribution >= 0.6 is 11.6 Å². The summed E-state index contributed by atoms with van der Waals surface area (Å²) in [5.41, 5.74) is 0.253. The van der Waals surface area contributed by atoms with E-state index in [2.05, 4.69) is 9.47 Å². The van der Waals surface area contributed by atoms with Gasteiger partial charge in [0.25, 0.3) is 0 Å². The van der Waals surface area contributed by atoms with Crippen LogP contribution in [0, 0.1) is 0 Å². The van der Waals surface area contributed by atoms with Crippen molar-refractivity contribution in [3.05, 3.63) is 57.6 Å². The van der Waals surface area contributed by atoms with Crippen molar-refractivity contribution >= 4 is 36.1 Å². The molecule has 152 valence electrons. The Morgan fingerprint density at radius 2 is 1.55 bits per heavy atom. The van der Waals surface area contributed by atoms with Crippen LogP contribution in [0.1, 0.15) is 41.4 Å². The van der Waals surface area contributed by atoms with Gasteiger partial charge in [-0.1, -0.05) is 11.6 Å². The summed E-state index contributed by atoms with van der Waals surface area (Å²) in [6.07, 6.45) is 0.991. The van der Waals surface area contributed by atoms with Gasteiger partial charge < -0.3 is 18.9 Å². The average molecular weight is 421 g/mol. The molecule has 0 aliphatic rings. The fourth-order valence-electron chi connectivity index (χ4n) is 2.41. The Hall–Kier alpha value is -3.39. The van der Waals surface area contributed by atoms with Crippen molar-refractivity contribution in [1.82, 2.24) is 0 Å². The number of esters is 2. The molecule has 0 spiro atoms. The summed E-state index contributed by atoms with van der Waals surface area (Å²) in [6.45, 7) is 0.130. The minimum absolute atomic E-state index is 0.0220. The molecule has 0 atom stereocenters. The van der Waals surface area contributed by atoms with Crippen molar-refractivity contribution in [2.75, 3.05) is 27.4 Å². The van der Waals surface area contributed by atoms with Crippen LogP contribution in [0.3, 0.4) is 0 Å². The van der Waals surface area contributed by atoms with E-state index < -0.39 is 11.9 Å². The smallest absolute Gasteiger partial charge is 0.338 e. The van der Waals surface area contributed by atoms with E-state index in [9.17, 15) is 19.2 Å². The van der Waals surface area contributed by atoms with Crippen molar-refractivity contribution in [2.24, 2.45) is 0 Å². The molecule has 9 heteroatoms. The molecule has 0 aliphatic carbocycles. The van der Waals surface area contributed by atoms with Crippen LogP contribution in [-0.2, 0) is 9.47 Å². The second kappa shape index (κ2) is 10.2. The number of hydrogen-bond donors (Lipinski definition) is 0. The second-order valence-electron chi connectivity index (χ2n) is 5.50. The summed E-state index contributed by atoms with van der Waals surface area (Å²) in [4.78, 5) is 45.7. The van der Waals surface area contributed by atoms with Crippen LogP contribution in [0.25, 0.3) is 0 Å². The number of carbonyl (C=O) groups is 4. The molecule has 0 aliphatic heterocycles. The summed E-state index contributed by atoms with van der Waals surface area (Å²) in [5.74, 6) is -0.825. The lowest BCUT2D eigenvalue weighted by molar-refractivity contribution is 0.0590. The molecule has 0 radical (unpaired) electrons. The molecule has 0 amide bonds. The van der Waals surface area contributed by atoms with E-state index in [0.29, 0.717) is 18.3 Å². The first-order valence-corrected chi connectivity index (χ1v) is 8.63. The Morgan fingerprint density at radius 1 is 0.897 bits per heavy atom. The van der Waals surface area contributed by atoms with Crippen molar-refractivity contribution in [1.29, 1.82) is 0 Å². The van der Waals surface area contributed by atoms with Gasteiger partial charge >= 0.3 is 11.9 Å². The maximum atomic E-state index is 11.7. The lowest BCUT2D eigenvalue weighted by Crippen LogP contribution is -2.12. The predicted octanol–water partition coefficient (Wildman–Crippen LogP) is 3.00. The summed E-state index contributed by atoms with van der Waals surface area (Å²) in [5, 5.41) is -0.0220. The van der Waals surface area contributed by atoms with Gasteiger partial charge in [-0.15, -0.1) is 0 Å². The SMILES string of the molecule is COC(=O)c1cc(OCCOc2ccc(C(=O)OC)c(C=O)c2Cl)ccc1C=O. The number of benzene rings is 2. The number of methoxy groups -OCH3 is 2. The van der Waals surface area contributed by atoms with E-state index in [1.807, 2.05) is 0 Å². The van der Waals surface area contributed by atoms with Crippen LogP contribution in [0.4, 0.5) is 0 Å². The van der Waals surface area contributed by atoms with Gasteiger partial charge in [0.1, 0.15) is 24.7 Å². The summed E-state index contributed by atoms with van der Waals surface area (Å²) < 4.78 is 20.2. The Kier molecular flexibility index (Phi) is 7.73. The molecular formula is C20H17ClO8. The van der Waals surface area contributed by atoms with Gasteiger partial charge in [-0.2, -0.15) is 0 Å². The van der Waals surface area contributed by atoms with Gasteiger partial charge in [0.05, 0.1) is 35.9 Å². The molecular weight excluding hydrogens is 404 g/mol. The molecule has 2 aromatic rings. The van der Waals surface area contributed by atoms with Crippen molar-refractivity contribution < 1.29 is 38.1 Å². The van der Waals surface area contributed by atoms with E-state index >= 15 is 0 Å². The highest BCUT2D eigenvalue weighted by atomic mass is 35.5. The first kappa shape index (κ1) is 21.9. The number of carbonyl (C=O) groups excluding carboxylic acids is 4. The quantitative estimate of drug-likeness (QED) is 0.346. The number of ether oxygens (including phenoxy) is 4. The summed E-state index contributed by atoms with van der Waals surface area (Å²) >= 11 is 6.13. The lowest BCUT2D eigenvalue weighted by atomic mass is 10.1. The number of hydrogen-bond acceptors (Lipinski definition) is 8. The lowest BCUT2D eigenvalue weighted by Gasteiger charge is -2.13. The van der Waals surface area contributed by atoms with Crippen molar-refractivity contribution in [3.63, 3.8) is 0 Å². The number of rotatable bonds is 9. The topological polar surface area (TPSA) is 105 Å². The normalized spacial score (nSPS) is 10.0. The predicted molar refractivity (Wildman–Crippen MR) is 102 cm³/mol. The highest BCUT2D eigenvalue weighted by Crippen LogP contribution is 2.30. The fourth-order valence-corrected chi connectivity index (χ4v) is 2.68. The Balaban J connectivity index is 2.04. The van der Waals surface area contributed by atoms with E-state index in [4.69, 9.17) is 21.1 Å². The summed E-state index contributed by atoms with van der Waals surface area (Å²) in [6, 6.07) is 7.17. The highest BCUT2D eigenvalue weighted by molar-refractivity contribution is 6.35. The maximum Gasteiger partial charge on any atom is 0.338 e. The van der Waals surface area contributed by atoms with Crippen LogP contribution in [0.5, 0.6) is 11.5 Å². The zero-order valence-electron chi connectivity index (χ0n) is 15.6. The van der Waals surface area contributed by atoms with Crippen LogP contribution in [0.15, 0.2) is 30.3 Å². The molecule has 2 rings (SSSR count). The first-order chi connectivity index (χ1) is 14.0. The monoisotopic (exact) mass is 420 g/mol. The largest absolute Gasteiger partial charge is 0.490 e. The molecule has 0 saturated carbocycles. The van der Waals surface area contributed by atoms with Gasteiger partial charge in [0.15, 0.2) is 12.6 Å². The van der Waals surface area contributed by atoms with Gasteiger partial charge in [0.2, 0.25) is 0 Å². The zero-order valence-corrected chi connectivity index (χ0v) is 16.4. The Morgan fingerprint density at radius 3 is 2.17 bits per heavy atom. The molecule has 0 aromatic heterocycles. The number of halogens is 1. The third-order valence-corrected chi connectivity index (χ3v) is 4.22. The van der Waals surface area contributed by atoms with Gasteiger partial charge in [-0.25, -0.2) is 9.59 Å². The van der Waals surface area contributed by atoms with E-state index in [-0.39, 0.29) is 46.2 Å². The third kappa shape index (κ3) is 5.11. The van der Waals surface area contributed by atoms with E-state index in [0.717, 1.165) is 0 Å². The standard InChI is InChI=1S/C20H17ClO8/c1-26-19(24)14-5-6-17(18(21)16(14)11-23)29-8-7-28-13-4-3-12(10-22)15(9-13)20(25)27-2/h3-6,9-11H,7-8H2,1-2H3. The number of aldehydes is 2. The first-order valence-electron chi connectivity index (χ1n) is 8.26. The van der Waals surface area contributed by atoms with Crippen LogP contribution < -0.4 is 9.47 Å². The Labute approximate surface area is 171 Å². The van der Waals surface area contributed by atoms with Gasteiger partial charge in [-0.05, 0) is 30.3 Å². The average Bonchev–Trinajstić information content (AvgIpc) is 2.75. The Bertz CT molecular complexity index is 938. The minimum atomic E-state index is -0.691. The van der Waals surface area contributed by atoms with Crippen LogP contribution in [-0.4, -0.2) is 51.9 Å². The van der Waals surface area contributed by atoms with Gasteiger partial charge in [0, 0.05) is 5.56 Å². The molecule has 29 heavy (non-hydrogen) atoms. The van der Waals surface area contributed by atoms with E-state index in [1.165, 1.54) is 44.6 Å². The van der Waals surface area contributed by atoms with E-state index in [1.54, 1.807) is 0 Å².